The number of ether oxygens (including phenoxy) is 1. The van der Waals surface area contributed by atoms with Gasteiger partial charge < -0.3 is 10.1 Å². The highest BCUT2D eigenvalue weighted by Gasteiger charge is 2.17. The molecule has 0 saturated heterocycles. The summed E-state index contributed by atoms with van der Waals surface area (Å²) in [4.78, 5) is 0. The Bertz CT molecular complexity index is 408. The van der Waals surface area contributed by atoms with Crippen LogP contribution in [0.25, 0.3) is 0 Å². The van der Waals surface area contributed by atoms with Gasteiger partial charge in [0.15, 0.2) is 0 Å². The molecule has 0 aliphatic heterocycles. The second-order valence-corrected chi connectivity index (χ2v) is 7.01. The lowest BCUT2D eigenvalue weighted by Gasteiger charge is -2.27. The lowest BCUT2D eigenvalue weighted by atomic mass is 9.97. The number of rotatable bonds is 8. The van der Waals surface area contributed by atoms with Gasteiger partial charge in [0.1, 0.15) is 11.9 Å². The molecule has 120 valence electrons. The summed E-state index contributed by atoms with van der Waals surface area (Å²) >= 11 is 0. The van der Waals surface area contributed by atoms with E-state index in [9.17, 15) is 0 Å². The summed E-state index contributed by atoms with van der Waals surface area (Å²) in [5.41, 5.74) is 1.46. The first-order chi connectivity index (χ1) is 9.87. The molecule has 0 aromatic heterocycles. The van der Waals surface area contributed by atoms with Crippen LogP contribution in [0.15, 0.2) is 24.3 Å². The van der Waals surface area contributed by atoms with E-state index < -0.39 is 0 Å². The highest BCUT2D eigenvalue weighted by molar-refractivity contribution is 5.36. The number of nitrogens with one attached hydrogen (secondary N) is 1. The quantitative estimate of drug-likeness (QED) is 0.716. The van der Waals surface area contributed by atoms with Crippen molar-refractivity contribution in [2.24, 2.45) is 0 Å². The smallest absolute Gasteiger partial charge is 0.123 e. The van der Waals surface area contributed by atoms with Gasteiger partial charge in [-0.2, -0.15) is 0 Å². The second-order valence-electron chi connectivity index (χ2n) is 7.01. The fraction of sp³-hybridized carbons (Fsp3) is 0.684. The zero-order valence-electron chi connectivity index (χ0n) is 14.7. The van der Waals surface area contributed by atoms with Crippen molar-refractivity contribution in [1.29, 1.82) is 0 Å². The third kappa shape index (κ3) is 6.52. The normalized spacial score (nSPS) is 14.8. The highest BCUT2D eigenvalue weighted by atomic mass is 16.5. The molecule has 1 N–H and O–H groups in total. The summed E-state index contributed by atoms with van der Waals surface area (Å²) in [5, 5.41) is 3.56. The predicted octanol–water partition coefficient (Wildman–Crippen LogP) is 5.14. The Hall–Kier alpha value is -1.02. The van der Waals surface area contributed by atoms with E-state index in [0.29, 0.717) is 5.92 Å². The average molecular weight is 291 g/mol. The van der Waals surface area contributed by atoms with Crippen LogP contribution in [0.1, 0.15) is 72.3 Å². The number of benzene rings is 1. The largest absolute Gasteiger partial charge is 0.489 e. The maximum Gasteiger partial charge on any atom is 0.123 e. The first-order valence-corrected chi connectivity index (χ1v) is 8.38. The van der Waals surface area contributed by atoms with Crippen LogP contribution in [-0.2, 0) is 0 Å². The Morgan fingerprint density at radius 2 is 1.81 bits per heavy atom. The molecule has 0 aliphatic carbocycles. The van der Waals surface area contributed by atoms with Gasteiger partial charge in [-0.3, -0.25) is 0 Å². The van der Waals surface area contributed by atoms with Crippen molar-refractivity contribution in [3.05, 3.63) is 29.8 Å². The van der Waals surface area contributed by atoms with Crippen LogP contribution in [0, 0.1) is 0 Å². The van der Waals surface area contributed by atoms with Crippen molar-refractivity contribution in [2.45, 2.75) is 78.4 Å². The molecule has 21 heavy (non-hydrogen) atoms. The van der Waals surface area contributed by atoms with Crippen molar-refractivity contribution in [3.63, 3.8) is 0 Å². The lowest BCUT2D eigenvalue weighted by molar-refractivity contribution is 0.172. The van der Waals surface area contributed by atoms with Crippen LogP contribution in [0.4, 0.5) is 0 Å². The van der Waals surface area contributed by atoms with Gasteiger partial charge in [0.25, 0.3) is 0 Å². The molecule has 0 bridgehead atoms. The van der Waals surface area contributed by atoms with E-state index in [-0.39, 0.29) is 11.6 Å². The second kappa shape index (κ2) is 8.43. The molecule has 0 radical (unpaired) electrons. The fourth-order valence-corrected chi connectivity index (χ4v) is 2.34. The van der Waals surface area contributed by atoms with Gasteiger partial charge in [-0.25, -0.2) is 0 Å². The van der Waals surface area contributed by atoms with E-state index in [1.54, 1.807) is 0 Å². The summed E-state index contributed by atoms with van der Waals surface area (Å²) < 4.78 is 6.34. The van der Waals surface area contributed by atoms with Gasteiger partial charge in [-0.05, 0) is 51.2 Å². The maximum absolute atomic E-state index is 6.34. The molecule has 1 aromatic carbocycles. The lowest BCUT2D eigenvalue weighted by Crippen LogP contribution is -2.42. The Morgan fingerprint density at radius 1 is 1.14 bits per heavy atom. The monoisotopic (exact) mass is 291 g/mol. The zero-order chi connectivity index (χ0) is 15.9. The SMILES string of the molecule is CCCC(CNC(C)(C)C)Oc1ccccc1C(C)CC. The molecule has 0 saturated carbocycles. The Balaban J connectivity index is 2.79. The standard InChI is InChI=1S/C19H33NO/c1-7-11-16(14-20-19(4,5)6)21-18-13-10-9-12-17(18)15(3)8-2/h9-10,12-13,15-16,20H,7-8,11,14H2,1-6H3. The molecule has 2 heteroatoms. The maximum atomic E-state index is 6.34. The van der Waals surface area contributed by atoms with Crippen LogP contribution in [0.3, 0.4) is 0 Å². The highest BCUT2D eigenvalue weighted by Crippen LogP contribution is 2.29. The van der Waals surface area contributed by atoms with Crippen LogP contribution < -0.4 is 10.1 Å². The van der Waals surface area contributed by atoms with Crippen molar-refractivity contribution in [2.75, 3.05) is 6.54 Å². The molecule has 2 atom stereocenters. The Morgan fingerprint density at radius 3 is 2.38 bits per heavy atom. The van der Waals surface area contributed by atoms with Gasteiger partial charge in [-0.15, -0.1) is 0 Å². The number of hydrogen-bond donors (Lipinski definition) is 1. The van der Waals surface area contributed by atoms with Crippen LogP contribution >= 0.6 is 0 Å². The van der Waals surface area contributed by atoms with E-state index in [1.807, 2.05) is 0 Å². The Labute approximate surface area is 131 Å². The molecule has 0 spiro atoms. The predicted molar refractivity (Wildman–Crippen MR) is 92.2 cm³/mol. The first kappa shape index (κ1) is 18.0. The molecule has 0 fully saturated rings. The third-order valence-corrected chi connectivity index (χ3v) is 3.83. The molecule has 0 amide bonds. The van der Waals surface area contributed by atoms with Crippen LogP contribution in [0.2, 0.25) is 0 Å². The van der Waals surface area contributed by atoms with Crippen molar-refractivity contribution >= 4 is 0 Å². The molecule has 1 rings (SSSR count). The van der Waals surface area contributed by atoms with Gasteiger partial charge in [0.2, 0.25) is 0 Å². The van der Waals surface area contributed by atoms with Crippen molar-refractivity contribution in [3.8, 4) is 5.75 Å². The van der Waals surface area contributed by atoms with Gasteiger partial charge in [-0.1, -0.05) is 45.4 Å². The fourth-order valence-electron chi connectivity index (χ4n) is 2.34. The summed E-state index contributed by atoms with van der Waals surface area (Å²) in [6, 6.07) is 8.49. The zero-order valence-corrected chi connectivity index (χ0v) is 14.7. The van der Waals surface area contributed by atoms with E-state index >= 15 is 0 Å². The number of para-hydroxylation sites is 1. The topological polar surface area (TPSA) is 21.3 Å². The van der Waals surface area contributed by atoms with E-state index in [4.69, 9.17) is 4.74 Å². The minimum absolute atomic E-state index is 0.131. The minimum atomic E-state index is 0.131. The average Bonchev–Trinajstić information content (AvgIpc) is 2.44. The molecule has 2 unspecified atom stereocenters. The van der Waals surface area contributed by atoms with Crippen LogP contribution in [0.5, 0.6) is 5.75 Å². The molecule has 0 heterocycles. The molecule has 0 aliphatic rings. The Kier molecular flexibility index (Phi) is 7.24. The van der Waals surface area contributed by atoms with Crippen LogP contribution in [-0.4, -0.2) is 18.2 Å². The third-order valence-electron chi connectivity index (χ3n) is 3.83. The summed E-state index contributed by atoms with van der Waals surface area (Å²) in [5.74, 6) is 1.60. The van der Waals surface area contributed by atoms with Crippen molar-refractivity contribution in [1.82, 2.24) is 5.32 Å². The molecule has 2 nitrogen and oxygen atoms in total. The molecular weight excluding hydrogens is 258 g/mol. The first-order valence-electron chi connectivity index (χ1n) is 8.38. The minimum Gasteiger partial charge on any atom is -0.489 e. The number of hydrogen-bond acceptors (Lipinski definition) is 2. The molecule has 1 aromatic rings. The summed E-state index contributed by atoms with van der Waals surface area (Å²) in [6.45, 7) is 14.2. The van der Waals surface area contributed by atoms with Crippen molar-refractivity contribution < 1.29 is 4.74 Å². The summed E-state index contributed by atoms with van der Waals surface area (Å²) in [7, 11) is 0. The van der Waals surface area contributed by atoms with E-state index in [2.05, 4.69) is 71.1 Å². The van der Waals surface area contributed by atoms with Gasteiger partial charge in [0.05, 0.1) is 0 Å². The van der Waals surface area contributed by atoms with Gasteiger partial charge in [0, 0.05) is 12.1 Å². The molecular formula is C19H33NO. The van der Waals surface area contributed by atoms with Gasteiger partial charge >= 0.3 is 0 Å². The van der Waals surface area contributed by atoms with E-state index in [1.165, 1.54) is 5.56 Å². The van der Waals surface area contributed by atoms with E-state index in [0.717, 1.165) is 31.6 Å². The summed E-state index contributed by atoms with van der Waals surface area (Å²) in [6.07, 6.45) is 3.60.